The highest BCUT2D eigenvalue weighted by atomic mass is 16.1. The standard InChI is InChI=1S/C16H22N2O/c1-10(2)14-15(11(3)4)17-18(16(14)19)13-9-7-6-8-12(13)5/h6-11,17H,1-5H3. The number of nitrogens with one attached hydrogen (secondary N) is 1. The first-order valence-electron chi connectivity index (χ1n) is 6.84. The molecule has 1 aromatic carbocycles. The lowest BCUT2D eigenvalue weighted by molar-refractivity contribution is 0.746. The first-order valence-corrected chi connectivity index (χ1v) is 6.84. The number of nitrogens with zero attached hydrogens (tertiary/aromatic N) is 1. The van der Waals surface area contributed by atoms with E-state index in [0.29, 0.717) is 5.92 Å². The van der Waals surface area contributed by atoms with Crippen LogP contribution in [0, 0.1) is 6.92 Å². The molecule has 0 unspecified atom stereocenters. The predicted octanol–water partition coefficient (Wildman–Crippen LogP) is 3.72. The second-order valence-electron chi connectivity index (χ2n) is 5.68. The number of hydrogen-bond donors (Lipinski definition) is 1. The highest BCUT2D eigenvalue weighted by Crippen LogP contribution is 2.23. The van der Waals surface area contributed by atoms with Gasteiger partial charge < -0.3 is 0 Å². The lowest BCUT2D eigenvalue weighted by atomic mass is 9.98. The van der Waals surface area contributed by atoms with Crippen LogP contribution in [-0.4, -0.2) is 9.78 Å². The van der Waals surface area contributed by atoms with Crippen LogP contribution in [0.15, 0.2) is 29.1 Å². The van der Waals surface area contributed by atoms with Gasteiger partial charge >= 0.3 is 0 Å². The Hall–Kier alpha value is -1.77. The van der Waals surface area contributed by atoms with Crippen molar-refractivity contribution in [3.05, 3.63) is 51.4 Å². The molecular formula is C16H22N2O. The van der Waals surface area contributed by atoms with Crippen molar-refractivity contribution in [2.45, 2.75) is 46.5 Å². The summed E-state index contributed by atoms with van der Waals surface area (Å²) in [7, 11) is 0. The molecule has 0 aliphatic carbocycles. The molecular weight excluding hydrogens is 236 g/mol. The summed E-state index contributed by atoms with van der Waals surface area (Å²) in [5, 5.41) is 3.29. The van der Waals surface area contributed by atoms with E-state index in [9.17, 15) is 4.79 Å². The van der Waals surface area contributed by atoms with Crippen molar-refractivity contribution in [3.63, 3.8) is 0 Å². The molecule has 0 aliphatic heterocycles. The molecule has 0 saturated heterocycles. The summed E-state index contributed by atoms with van der Waals surface area (Å²) in [5.41, 5.74) is 4.05. The number of H-pyrrole nitrogens is 1. The zero-order chi connectivity index (χ0) is 14.2. The van der Waals surface area contributed by atoms with Gasteiger partial charge in [-0.1, -0.05) is 45.9 Å². The van der Waals surface area contributed by atoms with Crippen LogP contribution in [0.25, 0.3) is 5.69 Å². The minimum Gasteiger partial charge on any atom is -0.294 e. The molecule has 1 heterocycles. The first kappa shape index (κ1) is 13.7. The summed E-state index contributed by atoms with van der Waals surface area (Å²) >= 11 is 0. The zero-order valence-electron chi connectivity index (χ0n) is 12.3. The van der Waals surface area contributed by atoms with E-state index in [0.717, 1.165) is 22.5 Å². The van der Waals surface area contributed by atoms with E-state index in [1.165, 1.54) is 0 Å². The molecule has 0 fully saturated rings. The van der Waals surface area contributed by atoms with Crippen molar-refractivity contribution in [2.75, 3.05) is 0 Å². The van der Waals surface area contributed by atoms with E-state index in [-0.39, 0.29) is 11.5 Å². The van der Waals surface area contributed by atoms with E-state index in [4.69, 9.17) is 0 Å². The SMILES string of the molecule is Cc1ccccc1-n1[nH]c(C(C)C)c(C(C)C)c1=O. The minimum atomic E-state index is 0.0769. The normalized spacial score (nSPS) is 11.5. The second kappa shape index (κ2) is 5.08. The lowest BCUT2D eigenvalue weighted by Crippen LogP contribution is -2.18. The molecule has 1 aromatic heterocycles. The van der Waals surface area contributed by atoms with Crippen molar-refractivity contribution in [1.29, 1.82) is 0 Å². The van der Waals surface area contributed by atoms with Crippen molar-refractivity contribution in [3.8, 4) is 5.69 Å². The van der Waals surface area contributed by atoms with Crippen molar-refractivity contribution in [1.82, 2.24) is 9.78 Å². The van der Waals surface area contributed by atoms with Crippen molar-refractivity contribution < 1.29 is 0 Å². The Morgan fingerprint density at radius 3 is 2.16 bits per heavy atom. The molecule has 0 radical (unpaired) electrons. The van der Waals surface area contributed by atoms with E-state index in [1.54, 1.807) is 4.68 Å². The molecule has 0 aliphatic rings. The summed E-state index contributed by atoms with van der Waals surface area (Å²) in [4.78, 5) is 12.6. The Kier molecular flexibility index (Phi) is 3.65. The van der Waals surface area contributed by atoms with Gasteiger partial charge in [0.1, 0.15) is 0 Å². The third-order valence-electron chi connectivity index (χ3n) is 3.47. The maximum Gasteiger partial charge on any atom is 0.274 e. The maximum absolute atomic E-state index is 12.6. The average molecular weight is 258 g/mol. The average Bonchev–Trinajstić information content (AvgIpc) is 2.68. The fourth-order valence-corrected chi connectivity index (χ4v) is 2.45. The van der Waals surface area contributed by atoms with E-state index in [1.807, 2.05) is 31.2 Å². The monoisotopic (exact) mass is 258 g/mol. The molecule has 2 aromatic rings. The van der Waals surface area contributed by atoms with Crippen LogP contribution in [-0.2, 0) is 0 Å². The van der Waals surface area contributed by atoms with Gasteiger partial charge in [0, 0.05) is 11.3 Å². The molecule has 2 rings (SSSR count). The highest BCUT2D eigenvalue weighted by molar-refractivity contribution is 5.41. The Morgan fingerprint density at radius 2 is 1.68 bits per heavy atom. The molecule has 102 valence electrons. The number of hydrogen-bond acceptors (Lipinski definition) is 1. The van der Waals surface area contributed by atoms with Gasteiger partial charge in [0.05, 0.1) is 5.69 Å². The maximum atomic E-state index is 12.6. The number of aryl methyl sites for hydroxylation is 1. The topological polar surface area (TPSA) is 37.8 Å². The van der Waals surface area contributed by atoms with Gasteiger partial charge in [0.25, 0.3) is 5.56 Å². The van der Waals surface area contributed by atoms with Gasteiger partial charge in [-0.3, -0.25) is 9.89 Å². The Balaban J connectivity index is 2.71. The Bertz CT molecular complexity index is 632. The van der Waals surface area contributed by atoms with Gasteiger partial charge in [-0.2, -0.15) is 0 Å². The predicted molar refractivity (Wildman–Crippen MR) is 79.3 cm³/mol. The molecule has 0 saturated carbocycles. The minimum absolute atomic E-state index is 0.0769. The van der Waals surface area contributed by atoms with Crippen LogP contribution in [0.2, 0.25) is 0 Å². The molecule has 0 amide bonds. The van der Waals surface area contributed by atoms with Gasteiger partial charge in [0.2, 0.25) is 0 Å². The van der Waals surface area contributed by atoms with E-state index in [2.05, 4.69) is 32.8 Å². The summed E-state index contributed by atoms with van der Waals surface area (Å²) in [6, 6.07) is 7.94. The fourth-order valence-electron chi connectivity index (χ4n) is 2.45. The largest absolute Gasteiger partial charge is 0.294 e. The van der Waals surface area contributed by atoms with Gasteiger partial charge in [0.15, 0.2) is 0 Å². The number of benzene rings is 1. The van der Waals surface area contributed by atoms with Crippen molar-refractivity contribution in [2.24, 2.45) is 0 Å². The van der Waals surface area contributed by atoms with Crippen LogP contribution in [0.3, 0.4) is 0 Å². The molecule has 0 bridgehead atoms. The molecule has 19 heavy (non-hydrogen) atoms. The highest BCUT2D eigenvalue weighted by Gasteiger charge is 2.20. The summed E-state index contributed by atoms with van der Waals surface area (Å²) in [6.45, 7) is 10.4. The Labute approximate surface area is 114 Å². The van der Waals surface area contributed by atoms with Crippen LogP contribution in [0.1, 0.15) is 56.4 Å². The molecule has 0 spiro atoms. The fraction of sp³-hybridized carbons (Fsp3) is 0.438. The molecule has 3 heteroatoms. The molecule has 1 N–H and O–H groups in total. The van der Waals surface area contributed by atoms with Crippen LogP contribution in [0.5, 0.6) is 0 Å². The third-order valence-corrected chi connectivity index (χ3v) is 3.47. The van der Waals surface area contributed by atoms with Crippen LogP contribution >= 0.6 is 0 Å². The van der Waals surface area contributed by atoms with Gasteiger partial charge in [-0.05, 0) is 30.4 Å². The number of aromatic amines is 1. The second-order valence-corrected chi connectivity index (χ2v) is 5.68. The first-order chi connectivity index (χ1) is 8.93. The van der Waals surface area contributed by atoms with Gasteiger partial charge in [-0.25, -0.2) is 4.68 Å². The number of rotatable bonds is 3. The number of para-hydroxylation sites is 1. The van der Waals surface area contributed by atoms with E-state index < -0.39 is 0 Å². The summed E-state index contributed by atoms with van der Waals surface area (Å²) < 4.78 is 1.68. The lowest BCUT2D eigenvalue weighted by Gasteiger charge is -2.07. The van der Waals surface area contributed by atoms with Crippen LogP contribution < -0.4 is 5.56 Å². The van der Waals surface area contributed by atoms with Gasteiger partial charge in [-0.15, -0.1) is 0 Å². The summed E-state index contributed by atoms with van der Waals surface area (Å²) in [5.74, 6) is 0.543. The smallest absolute Gasteiger partial charge is 0.274 e. The van der Waals surface area contributed by atoms with E-state index >= 15 is 0 Å². The Morgan fingerprint density at radius 1 is 1.05 bits per heavy atom. The number of aromatic nitrogens is 2. The quantitative estimate of drug-likeness (QED) is 0.895. The van der Waals surface area contributed by atoms with Crippen molar-refractivity contribution >= 4 is 0 Å². The van der Waals surface area contributed by atoms with Crippen LogP contribution in [0.4, 0.5) is 0 Å². The summed E-state index contributed by atoms with van der Waals surface area (Å²) in [6.07, 6.45) is 0. The molecule has 3 nitrogen and oxygen atoms in total. The zero-order valence-corrected chi connectivity index (χ0v) is 12.3. The third kappa shape index (κ3) is 2.37. The molecule has 0 atom stereocenters.